The van der Waals surface area contributed by atoms with Gasteiger partial charge < -0.3 is 4.74 Å². The first-order valence-corrected chi connectivity index (χ1v) is 5.05. The van der Waals surface area contributed by atoms with E-state index in [1.54, 1.807) is 0 Å². The van der Waals surface area contributed by atoms with Crippen molar-refractivity contribution in [1.82, 2.24) is 5.43 Å². The van der Waals surface area contributed by atoms with Crippen LogP contribution < -0.4 is 11.3 Å². The van der Waals surface area contributed by atoms with Crippen molar-refractivity contribution in [3.63, 3.8) is 0 Å². The molecule has 2 unspecified atom stereocenters. The van der Waals surface area contributed by atoms with Crippen molar-refractivity contribution in [2.24, 2.45) is 17.2 Å². The second-order valence-corrected chi connectivity index (χ2v) is 4.95. The van der Waals surface area contributed by atoms with Crippen LogP contribution in [0.25, 0.3) is 0 Å². The van der Waals surface area contributed by atoms with Gasteiger partial charge in [-0.05, 0) is 31.6 Å². The number of hydrazine groups is 1. The fourth-order valence-corrected chi connectivity index (χ4v) is 1.77. The third-order valence-corrected chi connectivity index (χ3v) is 2.90. The minimum Gasteiger partial charge on any atom is -0.377 e. The van der Waals surface area contributed by atoms with E-state index in [9.17, 15) is 0 Å². The molecular weight excluding hydrogens is 164 g/mol. The lowest BCUT2D eigenvalue weighted by atomic mass is 10.1. The van der Waals surface area contributed by atoms with Gasteiger partial charge in [-0.2, -0.15) is 0 Å². The maximum Gasteiger partial charge on any atom is 0.0639 e. The molecule has 0 amide bonds. The highest BCUT2D eigenvalue weighted by atomic mass is 16.5. The Hall–Kier alpha value is -0.120. The summed E-state index contributed by atoms with van der Waals surface area (Å²) in [6, 6.07) is 0.317. The second-order valence-electron chi connectivity index (χ2n) is 4.95. The van der Waals surface area contributed by atoms with Crippen LogP contribution in [0.15, 0.2) is 0 Å². The SMILES string of the molecule is CC(C)OCC(NN)C1CC1(C)C. The zero-order valence-electron chi connectivity index (χ0n) is 9.13. The highest BCUT2D eigenvalue weighted by Crippen LogP contribution is 2.53. The summed E-state index contributed by atoms with van der Waals surface area (Å²) in [6.07, 6.45) is 1.54. The van der Waals surface area contributed by atoms with E-state index in [1.807, 2.05) is 13.8 Å². The number of hydrogen-bond acceptors (Lipinski definition) is 3. The average Bonchev–Trinajstić information content (AvgIpc) is 2.61. The minimum atomic E-state index is 0.290. The normalized spacial score (nSPS) is 27.7. The van der Waals surface area contributed by atoms with E-state index in [4.69, 9.17) is 10.6 Å². The molecule has 3 heteroatoms. The summed E-state index contributed by atoms with van der Waals surface area (Å²) in [7, 11) is 0. The number of ether oxygens (including phenoxy) is 1. The summed E-state index contributed by atoms with van der Waals surface area (Å²) in [6.45, 7) is 9.37. The molecule has 1 rings (SSSR count). The topological polar surface area (TPSA) is 47.3 Å². The minimum absolute atomic E-state index is 0.290. The molecule has 0 aliphatic heterocycles. The van der Waals surface area contributed by atoms with Crippen molar-refractivity contribution in [3.05, 3.63) is 0 Å². The molecule has 13 heavy (non-hydrogen) atoms. The summed E-state index contributed by atoms with van der Waals surface area (Å²) in [4.78, 5) is 0. The highest BCUT2D eigenvalue weighted by molar-refractivity contribution is 5.01. The van der Waals surface area contributed by atoms with E-state index >= 15 is 0 Å². The summed E-state index contributed by atoms with van der Waals surface area (Å²) in [5.74, 6) is 6.17. The van der Waals surface area contributed by atoms with E-state index in [2.05, 4.69) is 19.3 Å². The Labute approximate surface area is 81.0 Å². The van der Waals surface area contributed by atoms with E-state index in [1.165, 1.54) is 6.42 Å². The van der Waals surface area contributed by atoms with Crippen LogP contribution in [0.3, 0.4) is 0 Å². The van der Waals surface area contributed by atoms with Gasteiger partial charge in [-0.1, -0.05) is 13.8 Å². The number of hydrogen-bond donors (Lipinski definition) is 2. The molecule has 0 aromatic heterocycles. The standard InChI is InChI=1S/C10H22N2O/c1-7(2)13-6-9(12-11)8-5-10(8,3)4/h7-9,12H,5-6,11H2,1-4H3. The molecule has 1 saturated carbocycles. The average molecular weight is 186 g/mol. The van der Waals surface area contributed by atoms with Crippen LogP contribution in [-0.2, 0) is 4.74 Å². The monoisotopic (exact) mass is 186 g/mol. The van der Waals surface area contributed by atoms with Crippen molar-refractivity contribution < 1.29 is 4.74 Å². The summed E-state index contributed by atoms with van der Waals surface area (Å²) in [5.41, 5.74) is 3.31. The quantitative estimate of drug-likeness (QED) is 0.502. The van der Waals surface area contributed by atoms with E-state index in [0.29, 0.717) is 17.4 Å². The van der Waals surface area contributed by atoms with Gasteiger partial charge in [0.1, 0.15) is 0 Å². The lowest BCUT2D eigenvalue weighted by molar-refractivity contribution is 0.0543. The van der Waals surface area contributed by atoms with Crippen molar-refractivity contribution in [3.8, 4) is 0 Å². The maximum atomic E-state index is 5.55. The van der Waals surface area contributed by atoms with Crippen molar-refractivity contribution in [1.29, 1.82) is 0 Å². The Morgan fingerprint density at radius 3 is 2.38 bits per heavy atom. The Morgan fingerprint density at radius 2 is 2.08 bits per heavy atom. The molecule has 0 aromatic rings. The first kappa shape index (κ1) is 11.0. The van der Waals surface area contributed by atoms with Gasteiger partial charge in [-0.15, -0.1) is 0 Å². The fourth-order valence-electron chi connectivity index (χ4n) is 1.77. The Morgan fingerprint density at radius 1 is 1.54 bits per heavy atom. The first-order chi connectivity index (χ1) is 5.97. The Balaban J connectivity index is 2.29. The van der Waals surface area contributed by atoms with Crippen LogP contribution >= 0.6 is 0 Å². The zero-order chi connectivity index (χ0) is 10.1. The Kier molecular flexibility index (Phi) is 3.33. The maximum absolute atomic E-state index is 5.55. The van der Waals surface area contributed by atoms with Crippen molar-refractivity contribution >= 4 is 0 Å². The molecule has 0 heterocycles. The predicted octanol–water partition coefficient (Wildman–Crippen LogP) is 1.29. The molecule has 0 aromatic carbocycles. The third-order valence-electron chi connectivity index (χ3n) is 2.90. The number of nitrogens with two attached hydrogens (primary N) is 1. The van der Waals surface area contributed by atoms with Crippen LogP contribution in [0.1, 0.15) is 34.1 Å². The molecule has 1 aliphatic rings. The van der Waals surface area contributed by atoms with Gasteiger partial charge in [-0.25, -0.2) is 0 Å². The van der Waals surface area contributed by atoms with Gasteiger partial charge >= 0.3 is 0 Å². The molecule has 0 radical (unpaired) electrons. The van der Waals surface area contributed by atoms with Gasteiger partial charge in [-0.3, -0.25) is 11.3 Å². The lowest BCUT2D eigenvalue weighted by Crippen LogP contribution is -2.42. The summed E-state index contributed by atoms with van der Waals surface area (Å²) < 4.78 is 5.55. The van der Waals surface area contributed by atoms with Crippen molar-refractivity contribution in [2.75, 3.05) is 6.61 Å². The van der Waals surface area contributed by atoms with Crippen LogP contribution in [-0.4, -0.2) is 18.8 Å². The van der Waals surface area contributed by atoms with Crippen molar-refractivity contribution in [2.45, 2.75) is 46.3 Å². The Bertz CT molecular complexity index is 168. The molecule has 1 fully saturated rings. The van der Waals surface area contributed by atoms with Gasteiger partial charge in [0.05, 0.1) is 12.7 Å². The molecule has 0 saturated heterocycles. The molecule has 0 spiro atoms. The van der Waals surface area contributed by atoms with Gasteiger partial charge in [0.25, 0.3) is 0 Å². The molecule has 2 atom stereocenters. The third kappa shape index (κ3) is 2.93. The number of nitrogens with one attached hydrogen (secondary N) is 1. The molecular formula is C10H22N2O. The molecule has 3 nitrogen and oxygen atoms in total. The fraction of sp³-hybridized carbons (Fsp3) is 1.00. The van der Waals surface area contributed by atoms with E-state index in [-0.39, 0.29) is 6.10 Å². The van der Waals surface area contributed by atoms with Crippen LogP contribution in [0, 0.1) is 11.3 Å². The van der Waals surface area contributed by atoms with Gasteiger partial charge in [0.2, 0.25) is 0 Å². The second kappa shape index (κ2) is 3.95. The smallest absolute Gasteiger partial charge is 0.0639 e. The van der Waals surface area contributed by atoms with Gasteiger partial charge in [0.15, 0.2) is 0 Å². The summed E-state index contributed by atoms with van der Waals surface area (Å²) in [5, 5.41) is 0. The lowest BCUT2D eigenvalue weighted by Gasteiger charge is -2.19. The molecule has 3 N–H and O–H groups in total. The number of rotatable bonds is 5. The molecule has 1 aliphatic carbocycles. The van der Waals surface area contributed by atoms with Crippen LogP contribution in [0.4, 0.5) is 0 Å². The first-order valence-electron chi connectivity index (χ1n) is 5.05. The zero-order valence-corrected chi connectivity index (χ0v) is 9.13. The molecule has 0 bridgehead atoms. The predicted molar refractivity (Wildman–Crippen MR) is 54.1 cm³/mol. The highest BCUT2D eigenvalue weighted by Gasteiger charge is 2.49. The molecule has 78 valence electrons. The van der Waals surface area contributed by atoms with E-state index < -0.39 is 0 Å². The van der Waals surface area contributed by atoms with Crippen LogP contribution in [0.2, 0.25) is 0 Å². The van der Waals surface area contributed by atoms with Gasteiger partial charge in [0, 0.05) is 6.04 Å². The largest absolute Gasteiger partial charge is 0.377 e. The summed E-state index contributed by atoms with van der Waals surface area (Å²) >= 11 is 0. The van der Waals surface area contributed by atoms with E-state index in [0.717, 1.165) is 6.61 Å². The van der Waals surface area contributed by atoms with Crippen LogP contribution in [0.5, 0.6) is 0 Å².